The quantitative estimate of drug-likeness (QED) is 0.604. The molecule has 4 heterocycles. The molecule has 1 spiro atoms. The Hall–Kier alpha value is -3.51. The lowest BCUT2D eigenvalue weighted by molar-refractivity contribution is -0.122. The first-order valence-corrected chi connectivity index (χ1v) is 12.0. The molecule has 4 aliphatic heterocycles. The van der Waals surface area contributed by atoms with Gasteiger partial charge in [-0.25, -0.2) is 0 Å². The van der Waals surface area contributed by atoms with Crippen LogP contribution >= 0.6 is 0 Å². The fourth-order valence-corrected chi connectivity index (χ4v) is 5.82. The van der Waals surface area contributed by atoms with E-state index in [1.807, 2.05) is 23.1 Å². The smallest absolute Gasteiger partial charge is 0.246 e. The number of ether oxygens (including phenoxy) is 3. The van der Waals surface area contributed by atoms with Gasteiger partial charge in [0.2, 0.25) is 5.91 Å². The number of morpholine rings is 1. The van der Waals surface area contributed by atoms with E-state index in [9.17, 15) is 4.79 Å². The Kier molecular flexibility index (Phi) is 4.39. The van der Waals surface area contributed by atoms with Crippen molar-refractivity contribution in [2.45, 2.75) is 18.4 Å². The van der Waals surface area contributed by atoms with Crippen LogP contribution in [0.4, 0.5) is 11.4 Å². The third-order valence-corrected chi connectivity index (χ3v) is 7.61. The normalized spacial score (nSPS) is 22.4. The van der Waals surface area contributed by atoms with E-state index in [1.54, 1.807) is 0 Å². The van der Waals surface area contributed by atoms with Gasteiger partial charge in [0.25, 0.3) is 0 Å². The average molecular weight is 455 g/mol. The molecule has 1 saturated heterocycles. The predicted molar refractivity (Wildman–Crippen MR) is 129 cm³/mol. The number of fused-ring (bicyclic) bond motifs is 5. The maximum absolute atomic E-state index is 14.2. The molecule has 0 radical (unpaired) electrons. The van der Waals surface area contributed by atoms with Crippen LogP contribution in [0.2, 0.25) is 0 Å². The standard InChI is InChI=1S/C28H26N2O4/c31-27-28(18-34-26-16-25-20(9-12-33-25)15-23(26)28)22-3-1-2-4-24(22)30(27)17-19-5-7-21(8-6-19)29-10-13-32-14-11-29/h1-8,15-16H,9-14,17-18H2. The Labute approximate surface area is 198 Å². The third kappa shape index (κ3) is 2.81. The highest BCUT2D eigenvalue weighted by Crippen LogP contribution is 2.54. The molecule has 0 saturated carbocycles. The summed E-state index contributed by atoms with van der Waals surface area (Å²) >= 11 is 0. The van der Waals surface area contributed by atoms with E-state index in [4.69, 9.17) is 14.2 Å². The molecule has 1 fully saturated rings. The number of anilines is 2. The first-order chi connectivity index (χ1) is 16.7. The van der Waals surface area contributed by atoms with Gasteiger partial charge in [-0.2, -0.15) is 0 Å². The summed E-state index contributed by atoms with van der Waals surface area (Å²) in [6.45, 7) is 4.89. The first-order valence-electron chi connectivity index (χ1n) is 12.0. The van der Waals surface area contributed by atoms with Crippen LogP contribution in [0.25, 0.3) is 0 Å². The van der Waals surface area contributed by atoms with Gasteiger partial charge in [-0.05, 0) is 41.0 Å². The van der Waals surface area contributed by atoms with Crippen molar-refractivity contribution in [2.75, 3.05) is 49.3 Å². The van der Waals surface area contributed by atoms with E-state index in [2.05, 4.69) is 47.4 Å². The molecule has 3 aromatic carbocycles. The van der Waals surface area contributed by atoms with E-state index in [0.29, 0.717) is 19.8 Å². The maximum atomic E-state index is 14.2. The molecule has 1 unspecified atom stereocenters. The molecule has 6 heteroatoms. The Bertz CT molecular complexity index is 1280. The van der Waals surface area contributed by atoms with Crippen molar-refractivity contribution >= 4 is 17.3 Å². The van der Waals surface area contributed by atoms with Crippen molar-refractivity contribution in [3.8, 4) is 11.5 Å². The summed E-state index contributed by atoms with van der Waals surface area (Å²) in [4.78, 5) is 18.4. The second-order valence-electron chi connectivity index (χ2n) is 9.42. The molecule has 0 aromatic heterocycles. The second kappa shape index (κ2) is 7.50. The molecule has 7 rings (SSSR count). The summed E-state index contributed by atoms with van der Waals surface area (Å²) in [6, 6.07) is 20.8. The van der Waals surface area contributed by atoms with Crippen molar-refractivity contribution < 1.29 is 19.0 Å². The van der Waals surface area contributed by atoms with Gasteiger partial charge in [0.15, 0.2) is 0 Å². The molecular formula is C28H26N2O4. The lowest BCUT2D eigenvalue weighted by Gasteiger charge is -2.29. The van der Waals surface area contributed by atoms with Crippen LogP contribution < -0.4 is 19.3 Å². The van der Waals surface area contributed by atoms with E-state index in [0.717, 1.165) is 72.2 Å². The van der Waals surface area contributed by atoms with E-state index < -0.39 is 5.41 Å². The monoisotopic (exact) mass is 454 g/mol. The van der Waals surface area contributed by atoms with Crippen molar-refractivity contribution in [3.63, 3.8) is 0 Å². The number of rotatable bonds is 3. The van der Waals surface area contributed by atoms with Gasteiger partial charge in [-0.3, -0.25) is 4.79 Å². The Morgan fingerprint density at radius 2 is 1.68 bits per heavy atom. The number of benzene rings is 3. The van der Waals surface area contributed by atoms with Crippen molar-refractivity contribution in [3.05, 3.63) is 82.9 Å². The molecule has 34 heavy (non-hydrogen) atoms. The summed E-state index contributed by atoms with van der Waals surface area (Å²) in [5.41, 5.74) is 5.65. The molecule has 1 amide bonds. The Balaban J connectivity index is 1.24. The van der Waals surface area contributed by atoms with E-state index in [1.165, 1.54) is 5.69 Å². The van der Waals surface area contributed by atoms with Gasteiger partial charge in [0.1, 0.15) is 23.5 Å². The third-order valence-electron chi connectivity index (χ3n) is 7.61. The molecular weight excluding hydrogens is 428 g/mol. The Morgan fingerprint density at radius 3 is 2.53 bits per heavy atom. The summed E-state index contributed by atoms with van der Waals surface area (Å²) in [5.74, 6) is 1.73. The van der Waals surface area contributed by atoms with Crippen LogP contribution in [-0.4, -0.2) is 45.4 Å². The molecule has 6 nitrogen and oxygen atoms in total. The number of carbonyl (C=O) groups excluding carboxylic acids is 1. The second-order valence-corrected chi connectivity index (χ2v) is 9.42. The number of hydrogen-bond acceptors (Lipinski definition) is 5. The summed E-state index contributed by atoms with van der Waals surface area (Å²) in [6.07, 6.45) is 0.869. The minimum Gasteiger partial charge on any atom is -0.493 e. The van der Waals surface area contributed by atoms with Crippen LogP contribution in [-0.2, 0) is 27.9 Å². The molecule has 0 N–H and O–H groups in total. The zero-order valence-electron chi connectivity index (χ0n) is 19.0. The Morgan fingerprint density at radius 1 is 0.853 bits per heavy atom. The van der Waals surface area contributed by atoms with E-state index in [-0.39, 0.29) is 5.91 Å². The topological polar surface area (TPSA) is 51.2 Å². The summed E-state index contributed by atoms with van der Waals surface area (Å²) < 4.78 is 17.3. The number of amides is 1. The summed E-state index contributed by atoms with van der Waals surface area (Å²) in [7, 11) is 0. The molecule has 3 aromatic rings. The van der Waals surface area contributed by atoms with Gasteiger partial charge >= 0.3 is 0 Å². The zero-order valence-corrected chi connectivity index (χ0v) is 19.0. The SMILES string of the molecule is O=C1N(Cc2ccc(N3CCOCC3)cc2)c2ccccc2C12COc1cc3c(cc12)CCO3. The molecule has 0 aliphatic carbocycles. The van der Waals surface area contributed by atoms with Gasteiger partial charge in [-0.1, -0.05) is 30.3 Å². The number of para-hydroxylation sites is 1. The van der Waals surface area contributed by atoms with Gasteiger partial charge < -0.3 is 24.0 Å². The van der Waals surface area contributed by atoms with Crippen molar-refractivity contribution in [2.24, 2.45) is 0 Å². The van der Waals surface area contributed by atoms with Crippen LogP contribution in [0.15, 0.2) is 60.7 Å². The number of carbonyl (C=O) groups is 1. The maximum Gasteiger partial charge on any atom is 0.246 e. The minimum absolute atomic E-state index is 0.0866. The van der Waals surface area contributed by atoms with Gasteiger partial charge in [0.05, 0.1) is 26.4 Å². The minimum atomic E-state index is -0.794. The number of hydrogen-bond donors (Lipinski definition) is 0. The van der Waals surface area contributed by atoms with Crippen molar-refractivity contribution in [1.29, 1.82) is 0 Å². The largest absolute Gasteiger partial charge is 0.493 e. The lowest BCUT2D eigenvalue weighted by atomic mass is 9.76. The van der Waals surface area contributed by atoms with Crippen LogP contribution in [0, 0.1) is 0 Å². The average Bonchev–Trinajstić information content (AvgIpc) is 3.56. The number of nitrogens with zero attached hydrogens (tertiary/aromatic N) is 2. The van der Waals surface area contributed by atoms with E-state index >= 15 is 0 Å². The highest BCUT2D eigenvalue weighted by molar-refractivity contribution is 6.11. The highest BCUT2D eigenvalue weighted by Gasteiger charge is 2.57. The van der Waals surface area contributed by atoms with Gasteiger partial charge in [0, 0.05) is 42.5 Å². The van der Waals surface area contributed by atoms with Crippen LogP contribution in [0.1, 0.15) is 22.3 Å². The molecule has 1 atom stereocenters. The van der Waals surface area contributed by atoms with Gasteiger partial charge in [-0.15, -0.1) is 0 Å². The fourth-order valence-electron chi connectivity index (χ4n) is 5.82. The highest BCUT2D eigenvalue weighted by atomic mass is 16.5. The van der Waals surface area contributed by atoms with Crippen LogP contribution in [0.3, 0.4) is 0 Å². The van der Waals surface area contributed by atoms with Crippen LogP contribution in [0.5, 0.6) is 11.5 Å². The molecule has 0 bridgehead atoms. The summed E-state index contributed by atoms with van der Waals surface area (Å²) in [5, 5.41) is 0. The lowest BCUT2D eigenvalue weighted by Crippen LogP contribution is -2.42. The van der Waals surface area contributed by atoms with Crippen molar-refractivity contribution in [1.82, 2.24) is 0 Å². The zero-order chi connectivity index (χ0) is 22.7. The molecule has 172 valence electrons. The predicted octanol–water partition coefficient (Wildman–Crippen LogP) is 3.68. The molecule has 4 aliphatic rings. The first kappa shape index (κ1) is 19.9. The fraction of sp³-hybridized carbons (Fsp3) is 0.321.